The van der Waals surface area contributed by atoms with Crippen molar-refractivity contribution < 1.29 is 15.0 Å². The van der Waals surface area contributed by atoms with Crippen molar-refractivity contribution >= 4 is 16.7 Å². The Labute approximate surface area is 118 Å². The molecule has 3 N–H and O–H groups in total. The number of benzene rings is 2. The Hall–Kier alpha value is -2.23. The highest BCUT2D eigenvalue weighted by Gasteiger charge is 2.06. The molecule has 0 heterocycles. The molecule has 20 heavy (non-hydrogen) atoms. The second-order valence-corrected chi connectivity index (χ2v) is 4.90. The lowest BCUT2D eigenvalue weighted by Crippen LogP contribution is -2.25. The number of amides is 1. The molecule has 2 aromatic carbocycles. The Kier molecular flexibility index (Phi) is 4.45. The second-order valence-electron chi connectivity index (χ2n) is 4.90. The summed E-state index contributed by atoms with van der Waals surface area (Å²) in [5.41, 5.74) is 0.886. The maximum absolute atomic E-state index is 11.7. The topological polar surface area (TPSA) is 69.6 Å². The molecular weight excluding hydrogens is 254 g/mol. The minimum Gasteiger partial charge on any atom is -0.504 e. The van der Waals surface area contributed by atoms with Crippen LogP contribution in [0.1, 0.15) is 25.3 Å². The number of aromatic hydroxyl groups is 2. The fourth-order valence-electron chi connectivity index (χ4n) is 2.09. The first-order valence-electron chi connectivity index (χ1n) is 6.81. The minimum atomic E-state index is -0.151. The largest absolute Gasteiger partial charge is 0.504 e. The standard InChI is InChI=1S/C16H19NO3/c1-2-3-6-17-16(20)8-11-4-5-12-9-14(18)15(19)10-13(12)7-11/h4-5,7,9-10,18-19H,2-3,6,8H2,1H3,(H,17,20). The molecule has 0 bridgehead atoms. The summed E-state index contributed by atoms with van der Waals surface area (Å²) in [6.45, 7) is 2.79. The van der Waals surface area contributed by atoms with Gasteiger partial charge in [-0.1, -0.05) is 31.5 Å². The summed E-state index contributed by atoms with van der Waals surface area (Å²) in [6.07, 6.45) is 2.36. The van der Waals surface area contributed by atoms with E-state index in [1.165, 1.54) is 12.1 Å². The van der Waals surface area contributed by atoms with Gasteiger partial charge in [-0.3, -0.25) is 4.79 Å². The van der Waals surface area contributed by atoms with Crippen molar-refractivity contribution in [2.75, 3.05) is 6.54 Å². The van der Waals surface area contributed by atoms with Crippen molar-refractivity contribution in [2.24, 2.45) is 0 Å². The average molecular weight is 273 g/mol. The molecule has 1 amide bonds. The maximum Gasteiger partial charge on any atom is 0.224 e. The molecule has 0 atom stereocenters. The third-order valence-corrected chi connectivity index (χ3v) is 3.22. The number of hydrogen-bond donors (Lipinski definition) is 3. The Bertz CT molecular complexity index is 622. The van der Waals surface area contributed by atoms with Gasteiger partial charge in [-0.25, -0.2) is 0 Å². The van der Waals surface area contributed by atoms with Gasteiger partial charge in [-0.15, -0.1) is 0 Å². The summed E-state index contributed by atoms with van der Waals surface area (Å²) in [4.78, 5) is 11.7. The van der Waals surface area contributed by atoms with Gasteiger partial charge in [0.1, 0.15) is 0 Å². The van der Waals surface area contributed by atoms with Gasteiger partial charge in [0.15, 0.2) is 11.5 Å². The van der Waals surface area contributed by atoms with E-state index in [2.05, 4.69) is 12.2 Å². The Morgan fingerprint density at radius 1 is 1.10 bits per heavy atom. The van der Waals surface area contributed by atoms with E-state index >= 15 is 0 Å². The van der Waals surface area contributed by atoms with Gasteiger partial charge >= 0.3 is 0 Å². The van der Waals surface area contributed by atoms with Crippen LogP contribution in [0.25, 0.3) is 10.8 Å². The fraction of sp³-hybridized carbons (Fsp3) is 0.312. The zero-order chi connectivity index (χ0) is 14.5. The van der Waals surface area contributed by atoms with E-state index in [1.807, 2.05) is 18.2 Å². The van der Waals surface area contributed by atoms with E-state index in [1.54, 1.807) is 0 Å². The first-order valence-corrected chi connectivity index (χ1v) is 6.81. The van der Waals surface area contributed by atoms with Gasteiger partial charge in [0.25, 0.3) is 0 Å². The van der Waals surface area contributed by atoms with Crippen LogP contribution in [0.15, 0.2) is 30.3 Å². The first kappa shape index (κ1) is 14.2. The number of phenolic OH excluding ortho intramolecular Hbond substituents is 2. The van der Waals surface area contributed by atoms with Crippen LogP contribution in [-0.4, -0.2) is 22.7 Å². The smallest absolute Gasteiger partial charge is 0.224 e. The van der Waals surface area contributed by atoms with E-state index in [4.69, 9.17) is 0 Å². The van der Waals surface area contributed by atoms with Crippen molar-refractivity contribution in [3.05, 3.63) is 35.9 Å². The fourth-order valence-corrected chi connectivity index (χ4v) is 2.09. The number of unbranched alkanes of at least 4 members (excludes halogenated alkanes) is 1. The summed E-state index contributed by atoms with van der Waals surface area (Å²) in [5.74, 6) is -0.287. The van der Waals surface area contributed by atoms with Crippen LogP contribution >= 0.6 is 0 Å². The second kappa shape index (κ2) is 6.28. The Balaban J connectivity index is 2.11. The number of fused-ring (bicyclic) bond motifs is 1. The van der Waals surface area contributed by atoms with Crippen LogP contribution in [0.4, 0.5) is 0 Å². The van der Waals surface area contributed by atoms with E-state index in [0.29, 0.717) is 13.0 Å². The lowest BCUT2D eigenvalue weighted by molar-refractivity contribution is -0.120. The monoisotopic (exact) mass is 273 g/mol. The lowest BCUT2D eigenvalue weighted by Gasteiger charge is -2.07. The number of hydrogen-bond acceptors (Lipinski definition) is 3. The van der Waals surface area contributed by atoms with Gasteiger partial charge < -0.3 is 15.5 Å². The SMILES string of the molecule is CCCCNC(=O)Cc1ccc2cc(O)c(O)cc2c1. The summed E-state index contributed by atoms with van der Waals surface area (Å²) in [7, 11) is 0. The van der Waals surface area contributed by atoms with Crippen molar-refractivity contribution in [3.8, 4) is 11.5 Å². The highest BCUT2D eigenvalue weighted by molar-refractivity contribution is 5.88. The van der Waals surface area contributed by atoms with Crippen LogP contribution in [0, 0.1) is 0 Å². The summed E-state index contributed by atoms with van der Waals surface area (Å²) >= 11 is 0. The molecule has 0 aliphatic rings. The molecule has 0 radical (unpaired) electrons. The number of carbonyl (C=O) groups is 1. The van der Waals surface area contributed by atoms with Crippen LogP contribution in [0.2, 0.25) is 0 Å². The molecule has 0 fully saturated rings. The molecule has 2 rings (SSSR count). The van der Waals surface area contributed by atoms with Gasteiger partial charge in [-0.2, -0.15) is 0 Å². The molecule has 0 spiro atoms. The first-order chi connectivity index (χ1) is 9.60. The molecule has 0 saturated carbocycles. The van der Waals surface area contributed by atoms with Crippen LogP contribution in [-0.2, 0) is 11.2 Å². The highest BCUT2D eigenvalue weighted by atomic mass is 16.3. The van der Waals surface area contributed by atoms with E-state index in [9.17, 15) is 15.0 Å². The predicted octanol–water partition coefficient (Wildman–Crippen LogP) is 2.71. The van der Waals surface area contributed by atoms with Gasteiger partial charge in [-0.05, 0) is 34.9 Å². The predicted molar refractivity (Wildman–Crippen MR) is 78.9 cm³/mol. The van der Waals surface area contributed by atoms with Crippen LogP contribution < -0.4 is 5.32 Å². The van der Waals surface area contributed by atoms with E-state index in [0.717, 1.165) is 29.2 Å². The van der Waals surface area contributed by atoms with Crippen molar-refractivity contribution in [1.82, 2.24) is 5.32 Å². The number of carbonyl (C=O) groups excluding carboxylic acids is 1. The molecule has 0 aliphatic carbocycles. The summed E-state index contributed by atoms with van der Waals surface area (Å²) < 4.78 is 0. The quantitative estimate of drug-likeness (QED) is 0.579. The van der Waals surface area contributed by atoms with E-state index < -0.39 is 0 Å². The Morgan fingerprint density at radius 3 is 2.50 bits per heavy atom. The number of nitrogens with one attached hydrogen (secondary N) is 1. The molecule has 0 aromatic heterocycles. The van der Waals surface area contributed by atoms with Gasteiger partial charge in [0.2, 0.25) is 5.91 Å². The molecule has 0 aliphatic heterocycles. The molecule has 0 unspecified atom stereocenters. The van der Waals surface area contributed by atoms with Crippen molar-refractivity contribution in [3.63, 3.8) is 0 Å². The summed E-state index contributed by atoms with van der Waals surface area (Å²) in [6, 6.07) is 8.56. The molecule has 4 heteroatoms. The molecular formula is C16H19NO3. The zero-order valence-corrected chi connectivity index (χ0v) is 11.5. The lowest BCUT2D eigenvalue weighted by atomic mass is 10.0. The minimum absolute atomic E-state index is 0.000741. The number of phenols is 2. The van der Waals surface area contributed by atoms with Crippen LogP contribution in [0.5, 0.6) is 11.5 Å². The van der Waals surface area contributed by atoms with Crippen LogP contribution in [0.3, 0.4) is 0 Å². The third kappa shape index (κ3) is 3.41. The Morgan fingerprint density at radius 2 is 1.80 bits per heavy atom. The highest BCUT2D eigenvalue weighted by Crippen LogP contribution is 2.30. The van der Waals surface area contributed by atoms with Gasteiger partial charge in [0.05, 0.1) is 6.42 Å². The van der Waals surface area contributed by atoms with E-state index in [-0.39, 0.29) is 17.4 Å². The summed E-state index contributed by atoms with van der Waals surface area (Å²) in [5, 5.41) is 23.4. The van der Waals surface area contributed by atoms with Gasteiger partial charge in [0, 0.05) is 6.54 Å². The molecule has 4 nitrogen and oxygen atoms in total. The zero-order valence-electron chi connectivity index (χ0n) is 11.5. The normalized spacial score (nSPS) is 10.7. The molecule has 0 saturated heterocycles. The van der Waals surface area contributed by atoms with Crippen molar-refractivity contribution in [1.29, 1.82) is 0 Å². The third-order valence-electron chi connectivity index (χ3n) is 3.22. The van der Waals surface area contributed by atoms with Crippen molar-refractivity contribution in [2.45, 2.75) is 26.2 Å². The molecule has 106 valence electrons. The molecule has 2 aromatic rings. The average Bonchev–Trinajstić information content (AvgIpc) is 2.41. The maximum atomic E-state index is 11.7. The number of rotatable bonds is 5.